The van der Waals surface area contributed by atoms with E-state index in [2.05, 4.69) is 21.1 Å². The summed E-state index contributed by atoms with van der Waals surface area (Å²) in [5, 5.41) is 12.4. The third kappa shape index (κ3) is 3.89. The molecule has 2 rings (SSSR count). The highest BCUT2D eigenvalue weighted by atomic mass is 79.9. The van der Waals surface area contributed by atoms with Gasteiger partial charge in [-0.3, -0.25) is 0 Å². The van der Waals surface area contributed by atoms with Crippen LogP contribution in [0, 0.1) is 0 Å². The zero-order valence-electron chi connectivity index (χ0n) is 11.2. The van der Waals surface area contributed by atoms with Crippen molar-refractivity contribution in [1.82, 2.24) is 0 Å². The molecule has 0 radical (unpaired) electrons. The molecule has 0 atom stereocenters. The zero-order chi connectivity index (χ0) is 15.2. The van der Waals surface area contributed by atoms with E-state index >= 15 is 0 Å². The second-order valence-corrected chi connectivity index (χ2v) is 5.47. The largest absolute Gasteiger partial charge is 0.493 e. The molecule has 0 aromatic heterocycles. The Morgan fingerprint density at radius 1 is 1.33 bits per heavy atom. The van der Waals surface area contributed by atoms with Crippen molar-refractivity contribution in [2.75, 3.05) is 7.11 Å². The van der Waals surface area contributed by atoms with Gasteiger partial charge in [0, 0.05) is 20.6 Å². The molecule has 0 fully saturated rings. The molecular formula is C15H13BrClNO3. The summed E-state index contributed by atoms with van der Waals surface area (Å²) >= 11 is 9.47. The molecule has 0 heterocycles. The predicted octanol–water partition coefficient (Wildman–Crippen LogP) is 4.50. The summed E-state index contributed by atoms with van der Waals surface area (Å²) in [5.74, 6) is 1.02. The Morgan fingerprint density at radius 3 is 2.76 bits per heavy atom. The quantitative estimate of drug-likeness (QED) is 0.479. The monoisotopic (exact) mass is 369 g/mol. The highest BCUT2D eigenvalue weighted by molar-refractivity contribution is 9.10. The lowest BCUT2D eigenvalue weighted by Crippen LogP contribution is -2.01. The molecule has 6 heteroatoms. The molecule has 4 nitrogen and oxygen atoms in total. The van der Waals surface area contributed by atoms with E-state index in [4.69, 9.17) is 26.3 Å². The molecule has 0 aliphatic carbocycles. The third-order valence-electron chi connectivity index (χ3n) is 2.79. The Morgan fingerprint density at radius 2 is 2.10 bits per heavy atom. The van der Waals surface area contributed by atoms with Crippen molar-refractivity contribution in [3.05, 3.63) is 57.0 Å². The average Bonchev–Trinajstić information content (AvgIpc) is 2.47. The van der Waals surface area contributed by atoms with Crippen LogP contribution in [-0.4, -0.2) is 18.5 Å². The van der Waals surface area contributed by atoms with Crippen molar-refractivity contribution in [2.24, 2.45) is 5.16 Å². The minimum Gasteiger partial charge on any atom is -0.493 e. The molecule has 0 bridgehead atoms. The van der Waals surface area contributed by atoms with E-state index in [9.17, 15) is 0 Å². The lowest BCUT2D eigenvalue weighted by Gasteiger charge is -2.14. The Bertz CT molecular complexity index is 661. The second kappa shape index (κ2) is 7.33. The summed E-state index contributed by atoms with van der Waals surface area (Å²) in [4.78, 5) is 0. The maximum Gasteiger partial charge on any atom is 0.170 e. The van der Waals surface area contributed by atoms with Gasteiger partial charge in [0.2, 0.25) is 0 Å². The first-order chi connectivity index (χ1) is 10.2. The summed E-state index contributed by atoms with van der Waals surface area (Å²) in [6, 6.07) is 11.0. The fourth-order valence-electron chi connectivity index (χ4n) is 1.82. The first-order valence-electron chi connectivity index (χ1n) is 6.07. The lowest BCUT2D eigenvalue weighted by atomic mass is 10.2. The number of halogens is 2. The number of nitrogens with zero attached hydrogens (tertiary/aromatic N) is 1. The van der Waals surface area contributed by atoms with Crippen molar-refractivity contribution in [1.29, 1.82) is 0 Å². The SMILES string of the molecule is COc1cc(Br)cc(C=NO)c1OCc1ccccc1Cl. The minimum absolute atomic E-state index is 0.282. The molecule has 0 aliphatic rings. The average molecular weight is 371 g/mol. The lowest BCUT2D eigenvalue weighted by molar-refractivity contribution is 0.283. The number of rotatable bonds is 5. The molecule has 0 aliphatic heterocycles. The van der Waals surface area contributed by atoms with Gasteiger partial charge in [-0.2, -0.15) is 0 Å². The van der Waals surface area contributed by atoms with Crippen molar-refractivity contribution in [2.45, 2.75) is 6.61 Å². The molecule has 1 N–H and O–H groups in total. The maximum absolute atomic E-state index is 8.76. The Kier molecular flexibility index (Phi) is 5.47. The van der Waals surface area contributed by atoms with E-state index in [1.54, 1.807) is 25.3 Å². The Balaban J connectivity index is 2.32. The molecule has 0 amide bonds. The van der Waals surface area contributed by atoms with Gasteiger partial charge >= 0.3 is 0 Å². The van der Waals surface area contributed by atoms with Crippen LogP contribution in [0.5, 0.6) is 11.5 Å². The number of benzene rings is 2. The van der Waals surface area contributed by atoms with Crippen LogP contribution in [-0.2, 0) is 6.61 Å². The Labute approximate surface area is 136 Å². The van der Waals surface area contributed by atoms with E-state index in [0.29, 0.717) is 22.1 Å². The number of ether oxygens (including phenoxy) is 2. The number of oxime groups is 1. The topological polar surface area (TPSA) is 51.0 Å². The van der Waals surface area contributed by atoms with Crippen LogP contribution >= 0.6 is 27.5 Å². The van der Waals surface area contributed by atoms with E-state index in [1.165, 1.54) is 6.21 Å². The summed E-state index contributed by atoms with van der Waals surface area (Å²) in [5.41, 5.74) is 1.45. The van der Waals surface area contributed by atoms with Crippen LogP contribution in [0.3, 0.4) is 0 Å². The summed E-state index contributed by atoms with van der Waals surface area (Å²) in [6.07, 6.45) is 1.29. The van der Waals surface area contributed by atoms with Crippen LogP contribution in [0.25, 0.3) is 0 Å². The normalized spacial score (nSPS) is 10.8. The minimum atomic E-state index is 0.282. The van der Waals surface area contributed by atoms with Crippen LogP contribution in [0.4, 0.5) is 0 Å². The van der Waals surface area contributed by atoms with Crippen molar-refractivity contribution >= 4 is 33.7 Å². The second-order valence-electron chi connectivity index (χ2n) is 4.15. The molecule has 110 valence electrons. The third-order valence-corrected chi connectivity index (χ3v) is 3.62. The fraction of sp³-hybridized carbons (Fsp3) is 0.133. The molecule has 2 aromatic rings. The number of methoxy groups -OCH3 is 1. The van der Waals surface area contributed by atoms with E-state index in [1.807, 2.05) is 18.2 Å². The maximum atomic E-state index is 8.76. The molecular weight excluding hydrogens is 358 g/mol. The molecule has 21 heavy (non-hydrogen) atoms. The van der Waals surface area contributed by atoms with Crippen LogP contribution in [0.1, 0.15) is 11.1 Å². The van der Waals surface area contributed by atoms with Crippen LogP contribution in [0.15, 0.2) is 46.0 Å². The highest BCUT2D eigenvalue weighted by Gasteiger charge is 2.12. The zero-order valence-corrected chi connectivity index (χ0v) is 13.6. The van der Waals surface area contributed by atoms with Gasteiger partial charge in [0.15, 0.2) is 11.5 Å². The van der Waals surface area contributed by atoms with Gasteiger partial charge in [-0.05, 0) is 18.2 Å². The van der Waals surface area contributed by atoms with Gasteiger partial charge in [0.25, 0.3) is 0 Å². The van der Waals surface area contributed by atoms with E-state index in [-0.39, 0.29) is 6.61 Å². The van der Waals surface area contributed by atoms with E-state index in [0.717, 1.165) is 10.0 Å². The summed E-state index contributed by atoms with van der Waals surface area (Å²) in [6.45, 7) is 0.282. The predicted molar refractivity (Wildman–Crippen MR) is 85.9 cm³/mol. The molecule has 2 aromatic carbocycles. The van der Waals surface area contributed by atoms with E-state index < -0.39 is 0 Å². The summed E-state index contributed by atoms with van der Waals surface area (Å²) < 4.78 is 11.9. The standard InChI is InChI=1S/C15H13BrClNO3/c1-20-14-7-12(16)6-11(8-18-19)15(14)21-9-10-4-2-3-5-13(10)17/h2-8,19H,9H2,1H3. The van der Waals surface area contributed by atoms with Crippen molar-refractivity contribution in [3.8, 4) is 11.5 Å². The molecule has 0 spiro atoms. The highest BCUT2D eigenvalue weighted by Crippen LogP contribution is 2.35. The Hall–Kier alpha value is -1.72. The molecule has 0 unspecified atom stereocenters. The number of hydrogen-bond donors (Lipinski definition) is 1. The van der Waals surface area contributed by atoms with Gasteiger partial charge in [0.05, 0.1) is 13.3 Å². The van der Waals surface area contributed by atoms with Crippen LogP contribution in [0.2, 0.25) is 5.02 Å². The first-order valence-corrected chi connectivity index (χ1v) is 7.24. The number of hydrogen-bond acceptors (Lipinski definition) is 4. The van der Waals surface area contributed by atoms with Gasteiger partial charge in [-0.25, -0.2) is 0 Å². The van der Waals surface area contributed by atoms with Crippen molar-refractivity contribution in [3.63, 3.8) is 0 Å². The van der Waals surface area contributed by atoms with Crippen molar-refractivity contribution < 1.29 is 14.7 Å². The van der Waals surface area contributed by atoms with Gasteiger partial charge in [-0.15, -0.1) is 0 Å². The molecule has 0 saturated carbocycles. The van der Waals surface area contributed by atoms with Gasteiger partial charge in [-0.1, -0.05) is 50.9 Å². The van der Waals surface area contributed by atoms with Gasteiger partial charge in [0.1, 0.15) is 6.61 Å². The first kappa shape index (κ1) is 15.7. The fourth-order valence-corrected chi connectivity index (χ4v) is 2.46. The summed E-state index contributed by atoms with van der Waals surface area (Å²) in [7, 11) is 1.55. The molecule has 0 saturated heterocycles. The van der Waals surface area contributed by atoms with Gasteiger partial charge < -0.3 is 14.7 Å². The smallest absolute Gasteiger partial charge is 0.170 e. The van der Waals surface area contributed by atoms with Crippen LogP contribution < -0.4 is 9.47 Å².